The van der Waals surface area contributed by atoms with E-state index in [1.165, 1.54) is 64.2 Å². The summed E-state index contributed by atoms with van der Waals surface area (Å²) in [5.74, 6) is 0. The van der Waals surface area contributed by atoms with Crippen molar-refractivity contribution in [3.05, 3.63) is 6.33 Å². The van der Waals surface area contributed by atoms with Crippen molar-refractivity contribution < 1.29 is 0 Å². The number of aryl methyl sites for hydroxylation is 1. The van der Waals surface area contributed by atoms with Crippen LogP contribution in [0.1, 0.15) is 64.2 Å². The van der Waals surface area contributed by atoms with Crippen LogP contribution in [0.3, 0.4) is 0 Å². The summed E-state index contributed by atoms with van der Waals surface area (Å²) in [6.07, 6.45) is 15.4. The van der Waals surface area contributed by atoms with Crippen LogP contribution in [0.2, 0.25) is 0 Å². The fourth-order valence-electron chi connectivity index (χ4n) is 3.16. The molecule has 2 rings (SSSR count). The molecule has 1 N–H and O–H groups in total. The fraction of sp³-hybridized carbons (Fsp3) is 0.875. The number of rotatable bonds is 3. The Morgan fingerprint density at radius 2 is 1.67 bits per heavy atom. The van der Waals surface area contributed by atoms with Crippen molar-refractivity contribution in [1.82, 2.24) is 20.1 Å². The van der Waals surface area contributed by atoms with Crippen LogP contribution in [0, 0.1) is 0 Å². The third-order valence-electron chi connectivity index (χ3n) is 4.50. The average molecular weight is 311 g/mol. The second-order valence-corrected chi connectivity index (χ2v) is 7.33. The SMILES string of the molecule is CNC1CCCCCCCCCCC1Sc1ncnn1C. The predicted molar refractivity (Wildman–Crippen MR) is 89.7 cm³/mol. The molecule has 0 radical (unpaired) electrons. The van der Waals surface area contributed by atoms with Gasteiger partial charge in [-0.25, -0.2) is 9.67 Å². The van der Waals surface area contributed by atoms with Crippen LogP contribution < -0.4 is 5.32 Å². The minimum Gasteiger partial charge on any atom is -0.316 e. The number of nitrogens with zero attached hydrogens (tertiary/aromatic N) is 3. The van der Waals surface area contributed by atoms with Crippen LogP contribution in [0.5, 0.6) is 0 Å². The molecule has 2 unspecified atom stereocenters. The zero-order valence-corrected chi connectivity index (χ0v) is 14.4. The molecule has 1 aliphatic carbocycles. The van der Waals surface area contributed by atoms with Crippen LogP contribution >= 0.6 is 11.8 Å². The number of hydrogen-bond donors (Lipinski definition) is 1. The van der Waals surface area contributed by atoms with Gasteiger partial charge in [-0.1, -0.05) is 63.1 Å². The van der Waals surface area contributed by atoms with Gasteiger partial charge in [0.1, 0.15) is 6.33 Å². The normalized spacial score (nSPS) is 26.0. The van der Waals surface area contributed by atoms with Crippen LogP contribution in [-0.4, -0.2) is 33.1 Å². The Labute approximate surface area is 133 Å². The first-order chi connectivity index (χ1) is 10.3. The lowest BCUT2D eigenvalue weighted by molar-refractivity contribution is 0.433. The summed E-state index contributed by atoms with van der Waals surface area (Å²) in [6.45, 7) is 0. The van der Waals surface area contributed by atoms with E-state index in [4.69, 9.17) is 0 Å². The lowest BCUT2D eigenvalue weighted by Gasteiger charge is -2.26. The van der Waals surface area contributed by atoms with Gasteiger partial charge < -0.3 is 5.32 Å². The molecule has 0 aliphatic heterocycles. The molecule has 1 aromatic rings. The van der Waals surface area contributed by atoms with Crippen molar-refractivity contribution in [3.63, 3.8) is 0 Å². The van der Waals surface area contributed by atoms with E-state index in [1.807, 2.05) is 23.5 Å². The lowest BCUT2D eigenvalue weighted by Crippen LogP contribution is -2.36. The van der Waals surface area contributed by atoms with E-state index in [9.17, 15) is 0 Å². The van der Waals surface area contributed by atoms with Gasteiger partial charge in [0.05, 0.1) is 0 Å². The second kappa shape index (κ2) is 9.46. The Morgan fingerprint density at radius 3 is 2.24 bits per heavy atom. The van der Waals surface area contributed by atoms with E-state index in [0.29, 0.717) is 11.3 Å². The number of thioether (sulfide) groups is 1. The Kier molecular flexibility index (Phi) is 7.58. The van der Waals surface area contributed by atoms with Gasteiger partial charge in [0, 0.05) is 18.3 Å². The molecular formula is C16H30N4S. The fourth-order valence-corrected chi connectivity index (χ4v) is 4.46. The standard InChI is InChI=1S/C16H30N4S/c1-17-14-11-9-7-5-3-4-6-8-10-12-15(14)21-16-18-13-19-20(16)2/h13-15,17H,3-12H2,1-2H3. The molecule has 0 aromatic carbocycles. The molecule has 21 heavy (non-hydrogen) atoms. The van der Waals surface area contributed by atoms with Crippen molar-refractivity contribution >= 4 is 11.8 Å². The van der Waals surface area contributed by atoms with Crippen LogP contribution in [0.25, 0.3) is 0 Å². The number of aromatic nitrogens is 3. The highest BCUT2D eigenvalue weighted by Crippen LogP contribution is 2.30. The lowest BCUT2D eigenvalue weighted by atomic mass is 9.97. The van der Waals surface area contributed by atoms with E-state index in [-0.39, 0.29) is 0 Å². The summed E-state index contributed by atoms with van der Waals surface area (Å²) in [4.78, 5) is 4.40. The average Bonchev–Trinajstić information content (AvgIpc) is 2.87. The Hall–Kier alpha value is -0.550. The molecule has 0 saturated heterocycles. The van der Waals surface area contributed by atoms with Crippen molar-refractivity contribution in [2.24, 2.45) is 7.05 Å². The molecule has 0 spiro atoms. The molecule has 1 saturated carbocycles. The molecule has 0 bridgehead atoms. The first-order valence-corrected chi connectivity index (χ1v) is 9.37. The topological polar surface area (TPSA) is 42.7 Å². The summed E-state index contributed by atoms with van der Waals surface area (Å²) in [6, 6.07) is 0.589. The minimum atomic E-state index is 0.589. The highest BCUT2D eigenvalue weighted by Gasteiger charge is 2.22. The van der Waals surface area contributed by atoms with Gasteiger partial charge in [0.15, 0.2) is 5.16 Å². The maximum absolute atomic E-state index is 4.40. The summed E-state index contributed by atoms with van der Waals surface area (Å²) < 4.78 is 1.90. The molecule has 4 nitrogen and oxygen atoms in total. The minimum absolute atomic E-state index is 0.589. The highest BCUT2D eigenvalue weighted by atomic mass is 32.2. The van der Waals surface area contributed by atoms with Crippen LogP contribution in [0.15, 0.2) is 11.5 Å². The molecule has 1 aromatic heterocycles. The van der Waals surface area contributed by atoms with Gasteiger partial charge in [0.25, 0.3) is 0 Å². The maximum atomic E-state index is 4.40. The first kappa shape index (κ1) is 16.8. The second-order valence-electron chi connectivity index (χ2n) is 6.12. The number of hydrogen-bond acceptors (Lipinski definition) is 4. The van der Waals surface area contributed by atoms with Crippen molar-refractivity contribution in [3.8, 4) is 0 Å². The van der Waals surface area contributed by atoms with E-state index in [1.54, 1.807) is 6.33 Å². The molecule has 5 heteroatoms. The smallest absolute Gasteiger partial charge is 0.186 e. The van der Waals surface area contributed by atoms with E-state index >= 15 is 0 Å². The van der Waals surface area contributed by atoms with Crippen molar-refractivity contribution in [2.45, 2.75) is 80.7 Å². The zero-order valence-electron chi connectivity index (χ0n) is 13.6. The zero-order chi connectivity index (χ0) is 14.9. The van der Waals surface area contributed by atoms with E-state index < -0.39 is 0 Å². The maximum Gasteiger partial charge on any atom is 0.186 e. The molecule has 120 valence electrons. The third kappa shape index (κ3) is 5.62. The quantitative estimate of drug-likeness (QED) is 0.922. The molecule has 1 aliphatic rings. The Balaban J connectivity index is 1.97. The van der Waals surface area contributed by atoms with Crippen molar-refractivity contribution in [2.75, 3.05) is 7.05 Å². The predicted octanol–water partition coefficient (Wildman–Crippen LogP) is 3.78. The van der Waals surface area contributed by atoms with Gasteiger partial charge in [0.2, 0.25) is 0 Å². The first-order valence-electron chi connectivity index (χ1n) is 8.49. The summed E-state index contributed by atoms with van der Waals surface area (Å²) in [5, 5.41) is 9.42. The van der Waals surface area contributed by atoms with Crippen LogP contribution in [0.4, 0.5) is 0 Å². The monoisotopic (exact) mass is 310 g/mol. The third-order valence-corrected chi connectivity index (χ3v) is 5.95. The van der Waals surface area contributed by atoms with Gasteiger partial charge in [-0.15, -0.1) is 0 Å². The van der Waals surface area contributed by atoms with Gasteiger partial charge in [-0.05, 0) is 19.9 Å². The molecule has 1 fully saturated rings. The van der Waals surface area contributed by atoms with Gasteiger partial charge in [-0.3, -0.25) is 0 Å². The summed E-state index contributed by atoms with van der Waals surface area (Å²) >= 11 is 1.91. The Bertz CT molecular complexity index is 393. The van der Waals surface area contributed by atoms with Gasteiger partial charge >= 0.3 is 0 Å². The molecular weight excluding hydrogens is 280 g/mol. The van der Waals surface area contributed by atoms with Gasteiger partial charge in [-0.2, -0.15) is 5.10 Å². The number of nitrogens with one attached hydrogen (secondary N) is 1. The van der Waals surface area contributed by atoms with E-state index in [2.05, 4.69) is 22.4 Å². The van der Waals surface area contributed by atoms with Crippen molar-refractivity contribution in [1.29, 1.82) is 0 Å². The summed E-state index contributed by atoms with van der Waals surface area (Å²) in [7, 11) is 4.10. The van der Waals surface area contributed by atoms with Crippen LogP contribution in [-0.2, 0) is 7.05 Å². The Morgan fingerprint density at radius 1 is 1.05 bits per heavy atom. The summed E-state index contributed by atoms with van der Waals surface area (Å²) in [5.41, 5.74) is 0. The molecule has 0 amide bonds. The highest BCUT2D eigenvalue weighted by molar-refractivity contribution is 7.99. The molecule has 2 atom stereocenters. The van der Waals surface area contributed by atoms with E-state index in [0.717, 1.165) is 5.16 Å². The largest absolute Gasteiger partial charge is 0.316 e. The molecule has 1 heterocycles.